The van der Waals surface area contributed by atoms with E-state index >= 15 is 0 Å². The van der Waals surface area contributed by atoms with Gasteiger partial charge in [-0.2, -0.15) is 22.0 Å². The topological polar surface area (TPSA) is 143 Å². The Morgan fingerprint density at radius 1 is 0.977 bits per heavy atom. The van der Waals surface area contributed by atoms with E-state index in [1.807, 2.05) is 23.6 Å². The Bertz CT molecular complexity index is 887. The van der Waals surface area contributed by atoms with Crippen LogP contribution in [0.1, 0.15) is 78.6 Å². The van der Waals surface area contributed by atoms with Gasteiger partial charge in [-0.05, 0) is 44.9 Å². The van der Waals surface area contributed by atoms with Crippen LogP contribution in [0.5, 0.6) is 0 Å². The van der Waals surface area contributed by atoms with Crippen molar-refractivity contribution in [3.05, 3.63) is 0 Å². The minimum atomic E-state index is -0.332. The van der Waals surface area contributed by atoms with Gasteiger partial charge in [-0.3, -0.25) is 9.59 Å². The minimum absolute atomic E-state index is 0.0533. The molecule has 0 aromatic rings. The molecule has 4 amide bonds. The maximum atomic E-state index is 12.7. The summed E-state index contributed by atoms with van der Waals surface area (Å²) in [6.45, 7) is 11.6. The Balaban J connectivity index is 1.05. The first-order valence-electron chi connectivity index (χ1n) is 16.2. The molecule has 2 saturated heterocycles. The molecule has 3 atom stereocenters. The number of nitrogens with one attached hydrogen (secondary N) is 3. The number of nitrogens with zero attached hydrogens (tertiary/aromatic N) is 3. The van der Waals surface area contributed by atoms with E-state index in [2.05, 4.69) is 40.0 Å². The van der Waals surface area contributed by atoms with Crippen molar-refractivity contribution in [1.29, 1.82) is 0 Å². The summed E-state index contributed by atoms with van der Waals surface area (Å²) in [4.78, 5) is 38.2. The number of carbonyl (C=O) groups is 3. The predicted octanol–water partition coefficient (Wildman–Crippen LogP) is 3.50. The van der Waals surface area contributed by atoms with Crippen LogP contribution < -0.4 is 16.0 Å². The molecule has 1 unspecified atom stereocenters. The second-order valence-electron chi connectivity index (χ2n) is 12.2. The molecule has 3 rings (SSSR count). The molecular weight excluding hydrogens is 572 g/mol. The van der Waals surface area contributed by atoms with Gasteiger partial charge in [0.2, 0.25) is 11.8 Å². The van der Waals surface area contributed by atoms with Crippen molar-refractivity contribution in [3.63, 3.8) is 0 Å². The van der Waals surface area contributed by atoms with Gasteiger partial charge < -0.3 is 35.1 Å². The summed E-state index contributed by atoms with van der Waals surface area (Å²) in [5, 5.41) is 17.4. The van der Waals surface area contributed by atoms with Gasteiger partial charge in [0, 0.05) is 63.1 Å². The predicted molar refractivity (Wildman–Crippen MR) is 167 cm³/mol. The smallest absolute Gasteiger partial charge is 0.315 e. The first-order chi connectivity index (χ1) is 20.8. The van der Waals surface area contributed by atoms with E-state index in [-0.39, 0.29) is 35.6 Å². The average molecular weight is 627 g/mol. The largest absolute Gasteiger partial charge is 0.379 e. The molecule has 13 heteroatoms. The average Bonchev–Trinajstić information content (AvgIpc) is 3.43. The Labute approximate surface area is 261 Å². The van der Waals surface area contributed by atoms with Crippen LogP contribution >= 0.6 is 11.8 Å². The van der Waals surface area contributed by atoms with Gasteiger partial charge in [0.25, 0.3) is 0 Å². The highest BCUT2D eigenvalue weighted by Crippen LogP contribution is 2.33. The standard InChI is InChI=1S/C30H54N6O6S/c1-23(2)11-15-36(27(38)10-12-30(3)34-35-30)14-7-17-41-19-21-42-20-18-40-16-6-13-31-26(37)9-5-4-8-25-28-24(22-43-25)32-29(39)33-28/h23-25,28H,4-22H2,1-3H3,(H,31,37)(H2,32,33,39)/t24-,25?,28-/m0/s1. The molecule has 0 aromatic carbocycles. The van der Waals surface area contributed by atoms with Crippen LogP contribution in [0.2, 0.25) is 0 Å². The van der Waals surface area contributed by atoms with Crippen molar-refractivity contribution in [1.82, 2.24) is 20.9 Å². The van der Waals surface area contributed by atoms with Crippen LogP contribution in [0, 0.1) is 5.92 Å². The van der Waals surface area contributed by atoms with E-state index in [4.69, 9.17) is 14.2 Å². The molecule has 12 nitrogen and oxygen atoms in total. The van der Waals surface area contributed by atoms with Gasteiger partial charge in [0.1, 0.15) is 0 Å². The highest BCUT2D eigenvalue weighted by Gasteiger charge is 2.42. The molecule has 0 saturated carbocycles. The Hall–Kier alpha value is -1.96. The molecule has 0 bridgehead atoms. The van der Waals surface area contributed by atoms with Crippen LogP contribution in [0.25, 0.3) is 0 Å². The van der Waals surface area contributed by atoms with Crippen LogP contribution in [0.4, 0.5) is 4.79 Å². The highest BCUT2D eigenvalue weighted by atomic mass is 32.2. The maximum Gasteiger partial charge on any atom is 0.315 e. The lowest BCUT2D eigenvalue weighted by Crippen LogP contribution is -2.36. The SMILES string of the molecule is CC(C)CCN(CCCOCCOCCOCCCNC(=O)CCCCC1SC[C@@H]2NC(=O)N[C@H]12)C(=O)CCC1(C)N=N1. The summed E-state index contributed by atoms with van der Waals surface area (Å²) in [6.07, 6.45) is 7.14. The minimum Gasteiger partial charge on any atom is -0.379 e. The summed E-state index contributed by atoms with van der Waals surface area (Å²) >= 11 is 1.91. The van der Waals surface area contributed by atoms with Crippen LogP contribution in [-0.4, -0.2) is 111 Å². The Morgan fingerprint density at radius 3 is 2.37 bits per heavy atom. The van der Waals surface area contributed by atoms with E-state index in [1.165, 1.54) is 0 Å². The number of hydrogen-bond donors (Lipinski definition) is 3. The first kappa shape index (κ1) is 35.5. The summed E-state index contributed by atoms with van der Waals surface area (Å²) in [5.74, 6) is 1.78. The monoisotopic (exact) mass is 626 g/mol. The third-order valence-electron chi connectivity index (χ3n) is 7.91. The van der Waals surface area contributed by atoms with E-state index in [0.29, 0.717) is 83.2 Å². The van der Waals surface area contributed by atoms with Crippen molar-refractivity contribution in [2.24, 2.45) is 16.1 Å². The molecule has 0 spiro atoms. The Morgan fingerprint density at radius 2 is 1.67 bits per heavy atom. The van der Waals surface area contributed by atoms with Gasteiger partial charge in [-0.1, -0.05) is 20.3 Å². The fourth-order valence-corrected chi connectivity index (χ4v) is 6.67. The quantitative estimate of drug-likeness (QED) is 0.104. The number of ether oxygens (including phenoxy) is 3. The second-order valence-corrected chi connectivity index (χ2v) is 13.5. The third kappa shape index (κ3) is 14.6. The lowest BCUT2D eigenvalue weighted by Gasteiger charge is -2.24. The molecule has 3 N–H and O–H groups in total. The number of hydrogen-bond acceptors (Lipinski definition) is 9. The van der Waals surface area contributed by atoms with Crippen molar-refractivity contribution < 1.29 is 28.6 Å². The first-order valence-corrected chi connectivity index (χ1v) is 17.2. The summed E-state index contributed by atoms with van der Waals surface area (Å²) in [7, 11) is 0. The number of carbonyl (C=O) groups excluding carboxylic acids is 3. The molecule has 246 valence electrons. The van der Waals surface area contributed by atoms with Gasteiger partial charge in [0.15, 0.2) is 5.66 Å². The van der Waals surface area contributed by atoms with Crippen LogP contribution in [-0.2, 0) is 23.8 Å². The van der Waals surface area contributed by atoms with E-state index < -0.39 is 0 Å². The number of urea groups is 1. The summed E-state index contributed by atoms with van der Waals surface area (Å²) < 4.78 is 16.8. The number of thioether (sulfide) groups is 1. The molecule has 3 aliphatic rings. The zero-order valence-electron chi connectivity index (χ0n) is 26.4. The molecule has 3 aliphatic heterocycles. The number of amides is 4. The molecular formula is C30H54N6O6S. The maximum absolute atomic E-state index is 12.7. The molecule has 3 heterocycles. The Kier molecular flexibility index (Phi) is 16.1. The molecule has 43 heavy (non-hydrogen) atoms. The van der Waals surface area contributed by atoms with Gasteiger partial charge in [-0.15, -0.1) is 0 Å². The normalized spacial score (nSPS) is 21.5. The molecule has 2 fully saturated rings. The lowest BCUT2D eigenvalue weighted by atomic mass is 10.0. The second kappa shape index (κ2) is 19.4. The van der Waals surface area contributed by atoms with Gasteiger partial charge in [0.05, 0.1) is 38.5 Å². The van der Waals surface area contributed by atoms with E-state index in [1.54, 1.807) is 0 Å². The van der Waals surface area contributed by atoms with Crippen molar-refractivity contribution in [2.75, 3.05) is 65.0 Å². The van der Waals surface area contributed by atoms with Crippen molar-refractivity contribution in [2.45, 2.75) is 102 Å². The number of fused-ring (bicyclic) bond motifs is 1. The fourth-order valence-electron chi connectivity index (χ4n) is 5.13. The third-order valence-corrected chi connectivity index (χ3v) is 9.42. The molecule has 0 radical (unpaired) electrons. The zero-order chi connectivity index (χ0) is 30.9. The summed E-state index contributed by atoms with van der Waals surface area (Å²) in [6, 6.07) is 0.433. The van der Waals surface area contributed by atoms with Crippen LogP contribution in [0.15, 0.2) is 10.2 Å². The summed E-state index contributed by atoms with van der Waals surface area (Å²) in [5.41, 5.74) is -0.332. The van der Waals surface area contributed by atoms with Crippen molar-refractivity contribution >= 4 is 29.6 Å². The molecule has 0 aromatic heterocycles. The van der Waals surface area contributed by atoms with Gasteiger partial charge >= 0.3 is 6.03 Å². The van der Waals surface area contributed by atoms with E-state index in [9.17, 15) is 14.4 Å². The zero-order valence-corrected chi connectivity index (χ0v) is 27.3. The molecule has 0 aliphatic carbocycles. The lowest BCUT2D eigenvalue weighted by molar-refractivity contribution is -0.132. The highest BCUT2D eigenvalue weighted by molar-refractivity contribution is 8.00. The van der Waals surface area contributed by atoms with Crippen LogP contribution in [0.3, 0.4) is 0 Å². The number of rotatable bonds is 25. The van der Waals surface area contributed by atoms with E-state index in [0.717, 1.165) is 50.8 Å². The van der Waals surface area contributed by atoms with Crippen molar-refractivity contribution in [3.8, 4) is 0 Å². The van der Waals surface area contributed by atoms with Gasteiger partial charge in [-0.25, -0.2) is 4.79 Å². The number of unbranched alkanes of at least 4 members (excludes halogenated alkanes) is 1. The fraction of sp³-hybridized carbons (Fsp3) is 0.900.